The summed E-state index contributed by atoms with van der Waals surface area (Å²) in [4.78, 5) is 0. The van der Waals surface area contributed by atoms with Crippen LogP contribution in [0, 0.1) is 6.42 Å². The van der Waals surface area contributed by atoms with Gasteiger partial charge < -0.3 is 4.74 Å². The Kier molecular flexibility index (Phi) is 3.12. The molecule has 0 fully saturated rings. The molecular weight excluding hydrogens is 232 g/mol. The first-order valence-corrected chi connectivity index (χ1v) is 6.54. The van der Waals surface area contributed by atoms with E-state index >= 15 is 0 Å². The molecule has 0 heterocycles. The molecular formula is C18H17O. The molecule has 1 unspecified atom stereocenters. The zero-order valence-corrected chi connectivity index (χ0v) is 11.3. The van der Waals surface area contributed by atoms with E-state index in [1.165, 1.54) is 22.3 Å². The summed E-state index contributed by atoms with van der Waals surface area (Å²) in [5, 5.41) is 0. The molecule has 2 aliphatic carbocycles. The van der Waals surface area contributed by atoms with E-state index in [4.69, 9.17) is 4.74 Å². The molecule has 0 aliphatic heterocycles. The number of hydrogen-bond donors (Lipinski definition) is 0. The third-order valence-electron chi connectivity index (χ3n) is 3.60. The van der Waals surface area contributed by atoms with E-state index in [0.29, 0.717) is 5.92 Å². The lowest BCUT2D eigenvalue weighted by atomic mass is 9.89. The number of rotatable bonds is 2. The minimum atomic E-state index is 0.324. The molecule has 2 aliphatic rings. The quantitative estimate of drug-likeness (QED) is 0.756. The third-order valence-corrected chi connectivity index (χ3v) is 3.60. The van der Waals surface area contributed by atoms with Crippen LogP contribution in [0.5, 0.6) is 5.75 Å². The van der Waals surface area contributed by atoms with Crippen molar-refractivity contribution in [3.05, 3.63) is 83.3 Å². The van der Waals surface area contributed by atoms with Crippen molar-refractivity contribution >= 4 is 0 Å². The Balaban J connectivity index is 2.00. The molecule has 0 amide bonds. The van der Waals surface area contributed by atoms with Gasteiger partial charge in [-0.15, -0.1) is 0 Å². The highest BCUT2D eigenvalue weighted by molar-refractivity contribution is 5.59. The molecule has 1 nitrogen and oxygen atoms in total. The Morgan fingerprint density at radius 2 is 1.84 bits per heavy atom. The number of benzene rings is 1. The van der Waals surface area contributed by atoms with Crippen LogP contribution < -0.4 is 4.74 Å². The predicted molar refractivity (Wildman–Crippen MR) is 79.1 cm³/mol. The van der Waals surface area contributed by atoms with Gasteiger partial charge in [-0.3, -0.25) is 0 Å². The minimum absolute atomic E-state index is 0.324. The van der Waals surface area contributed by atoms with Gasteiger partial charge in [0.05, 0.1) is 7.11 Å². The standard InChI is InChI=1S/C18H17O/c1-13-11-15-5-3-4-6-17(18(15)12-13)14-7-9-16(19-2)10-8-14/h3-12,17H,1-2H3. The van der Waals surface area contributed by atoms with E-state index in [2.05, 4.69) is 55.9 Å². The Labute approximate surface area is 114 Å². The van der Waals surface area contributed by atoms with Crippen molar-refractivity contribution in [1.82, 2.24) is 0 Å². The van der Waals surface area contributed by atoms with Crippen LogP contribution >= 0.6 is 0 Å². The number of ether oxygens (including phenoxy) is 1. The van der Waals surface area contributed by atoms with Crippen molar-refractivity contribution in [3.8, 4) is 5.75 Å². The van der Waals surface area contributed by atoms with Gasteiger partial charge in [0.15, 0.2) is 0 Å². The Morgan fingerprint density at radius 1 is 1.05 bits per heavy atom. The lowest BCUT2D eigenvalue weighted by molar-refractivity contribution is 0.414. The lowest BCUT2D eigenvalue weighted by Gasteiger charge is -2.15. The normalized spacial score (nSPS) is 21.2. The highest BCUT2D eigenvalue weighted by Crippen LogP contribution is 2.38. The number of hydrogen-bond acceptors (Lipinski definition) is 1. The summed E-state index contributed by atoms with van der Waals surface area (Å²) < 4.78 is 5.22. The monoisotopic (exact) mass is 249 g/mol. The van der Waals surface area contributed by atoms with Crippen LogP contribution in [-0.4, -0.2) is 7.11 Å². The highest BCUT2D eigenvalue weighted by atomic mass is 16.5. The molecule has 95 valence electrons. The van der Waals surface area contributed by atoms with Crippen molar-refractivity contribution in [3.63, 3.8) is 0 Å². The van der Waals surface area contributed by atoms with Gasteiger partial charge in [0, 0.05) is 12.3 Å². The topological polar surface area (TPSA) is 9.23 Å². The number of methoxy groups -OCH3 is 1. The largest absolute Gasteiger partial charge is 0.497 e. The van der Waals surface area contributed by atoms with Gasteiger partial charge in [-0.2, -0.15) is 0 Å². The molecule has 0 saturated heterocycles. The van der Waals surface area contributed by atoms with E-state index in [-0.39, 0.29) is 0 Å². The van der Waals surface area contributed by atoms with Crippen molar-refractivity contribution in [1.29, 1.82) is 0 Å². The van der Waals surface area contributed by atoms with Crippen LogP contribution in [0.15, 0.2) is 71.4 Å². The van der Waals surface area contributed by atoms with Gasteiger partial charge in [0.2, 0.25) is 0 Å². The molecule has 0 N–H and O–H groups in total. The maximum absolute atomic E-state index is 5.22. The van der Waals surface area contributed by atoms with E-state index < -0.39 is 0 Å². The van der Waals surface area contributed by atoms with Crippen LogP contribution in [0.1, 0.15) is 18.4 Å². The minimum Gasteiger partial charge on any atom is -0.497 e. The first-order valence-electron chi connectivity index (χ1n) is 6.54. The zero-order chi connectivity index (χ0) is 13.2. The molecule has 1 radical (unpaired) electrons. The average molecular weight is 249 g/mol. The van der Waals surface area contributed by atoms with Gasteiger partial charge in [-0.25, -0.2) is 0 Å². The fourth-order valence-corrected chi connectivity index (χ4v) is 2.65. The Bertz CT molecular complexity index is 597. The Morgan fingerprint density at radius 3 is 2.58 bits per heavy atom. The van der Waals surface area contributed by atoms with Gasteiger partial charge in [-0.1, -0.05) is 48.1 Å². The molecule has 0 aromatic heterocycles. The summed E-state index contributed by atoms with van der Waals surface area (Å²) in [5.41, 5.74) is 5.33. The molecule has 3 rings (SSSR count). The van der Waals surface area contributed by atoms with Crippen molar-refractivity contribution in [2.45, 2.75) is 12.8 Å². The summed E-state index contributed by atoms with van der Waals surface area (Å²) in [6.07, 6.45) is 13.2. The van der Waals surface area contributed by atoms with E-state index in [9.17, 15) is 0 Å². The molecule has 19 heavy (non-hydrogen) atoms. The van der Waals surface area contributed by atoms with Gasteiger partial charge in [0.25, 0.3) is 0 Å². The molecule has 0 bridgehead atoms. The second-order valence-corrected chi connectivity index (χ2v) is 4.94. The van der Waals surface area contributed by atoms with Crippen molar-refractivity contribution < 1.29 is 4.74 Å². The predicted octanol–water partition coefficient (Wildman–Crippen LogP) is 4.37. The van der Waals surface area contributed by atoms with Crippen LogP contribution in [0.25, 0.3) is 0 Å². The molecule has 0 spiro atoms. The summed E-state index contributed by atoms with van der Waals surface area (Å²) in [5.74, 6) is 1.22. The molecule has 0 saturated carbocycles. The third kappa shape index (κ3) is 2.28. The van der Waals surface area contributed by atoms with Crippen LogP contribution in [0.2, 0.25) is 0 Å². The van der Waals surface area contributed by atoms with E-state index in [0.717, 1.165) is 5.75 Å². The maximum Gasteiger partial charge on any atom is 0.118 e. The van der Waals surface area contributed by atoms with E-state index in [1.807, 2.05) is 12.1 Å². The van der Waals surface area contributed by atoms with Gasteiger partial charge in [-0.05, 0) is 35.8 Å². The fraction of sp³-hybridized carbons (Fsp3) is 0.167. The Hall–Kier alpha value is -2.02. The van der Waals surface area contributed by atoms with Crippen LogP contribution in [0.4, 0.5) is 0 Å². The van der Waals surface area contributed by atoms with E-state index in [1.54, 1.807) is 7.11 Å². The molecule has 1 heteroatoms. The summed E-state index contributed by atoms with van der Waals surface area (Å²) >= 11 is 0. The zero-order valence-electron chi connectivity index (χ0n) is 11.3. The number of allylic oxidation sites excluding steroid dienone is 8. The van der Waals surface area contributed by atoms with Gasteiger partial charge in [0.1, 0.15) is 5.75 Å². The summed E-state index contributed by atoms with van der Waals surface area (Å²) in [6, 6.07) is 8.34. The van der Waals surface area contributed by atoms with Gasteiger partial charge >= 0.3 is 0 Å². The molecule has 1 aromatic carbocycles. The van der Waals surface area contributed by atoms with Crippen molar-refractivity contribution in [2.75, 3.05) is 7.11 Å². The lowest BCUT2D eigenvalue weighted by Crippen LogP contribution is -1.98. The first-order chi connectivity index (χ1) is 9.28. The average Bonchev–Trinajstić information content (AvgIpc) is 2.69. The van der Waals surface area contributed by atoms with Crippen molar-refractivity contribution in [2.24, 2.45) is 0 Å². The summed E-state index contributed by atoms with van der Waals surface area (Å²) in [7, 11) is 1.70. The summed E-state index contributed by atoms with van der Waals surface area (Å²) in [6.45, 7) is 2.15. The molecule has 1 aromatic rings. The SMILES string of the molecule is COc1ccc(C2C=CC=CC3=C2C=C(C)[CH]3)cc1. The first kappa shape index (κ1) is 12.0. The highest BCUT2D eigenvalue weighted by Gasteiger charge is 2.21. The van der Waals surface area contributed by atoms with Crippen LogP contribution in [0.3, 0.4) is 0 Å². The van der Waals surface area contributed by atoms with Crippen LogP contribution in [-0.2, 0) is 0 Å². The second kappa shape index (κ2) is 4.93. The second-order valence-electron chi connectivity index (χ2n) is 4.94. The maximum atomic E-state index is 5.22. The molecule has 1 atom stereocenters. The fourth-order valence-electron chi connectivity index (χ4n) is 2.65. The smallest absolute Gasteiger partial charge is 0.118 e.